The molecule has 1 amide bonds. The van der Waals surface area contributed by atoms with Gasteiger partial charge in [-0.05, 0) is 45.8 Å². The number of pyridine rings is 1. The number of benzene rings is 1. The van der Waals surface area contributed by atoms with Gasteiger partial charge in [0.25, 0.3) is 0 Å². The number of primary amides is 1. The molecular formula is C17H18BrClN4O. The van der Waals surface area contributed by atoms with E-state index in [1.165, 1.54) is 0 Å². The lowest BCUT2D eigenvalue weighted by Gasteiger charge is -2.38. The van der Waals surface area contributed by atoms with E-state index < -0.39 is 6.04 Å². The number of amides is 1. The van der Waals surface area contributed by atoms with Crippen LogP contribution in [0.4, 0.5) is 5.82 Å². The Bertz CT molecular complexity index is 700. The predicted molar refractivity (Wildman–Crippen MR) is 99.1 cm³/mol. The number of nitrogens with two attached hydrogens (primary N) is 1. The molecular weight excluding hydrogens is 392 g/mol. The molecule has 0 aliphatic carbocycles. The minimum atomic E-state index is -0.428. The third kappa shape index (κ3) is 3.88. The summed E-state index contributed by atoms with van der Waals surface area (Å²) in [6.07, 6.45) is 1.79. The van der Waals surface area contributed by atoms with Crippen LogP contribution < -0.4 is 10.6 Å². The largest absolute Gasteiger partial charge is 0.368 e. The Balaban J connectivity index is 1.70. The molecule has 1 saturated heterocycles. The van der Waals surface area contributed by atoms with Gasteiger partial charge in [-0.3, -0.25) is 9.69 Å². The summed E-state index contributed by atoms with van der Waals surface area (Å²) in [7, 11) is 0. The highest BCUT2D eigenvalue weighted by Crippen LogP contribution is 2.25. The van der Waals surface area contributed by atoms with Crippen LogP contribution in [0, 0.1) is 0 Å². The van der Waals surface area contributed by atoms with Gasteiger partial charge in [-0.2, -0.15) is 0 Å². The Morgan fingerprint density at radius 2 is 1.79 bits per heavy atom. The number of aromatic nitrogens is 1. The predicted octanol–water partition coefficient (Wildman–Crippen LogP) is 2.85. The molecule has 2 N–H and O–H groups in total. The summed E-state index contributed by atoms with van der Waals surface area (Å²) in [5, 5.41) is 0.646. The minimum Gasteiger partial charge on any atom is -0.368 e. The fourth-order valence-electron chi connectivity index (χ4n) is 2.96. The van der Waals surface area contributed by atoms with Gasteiger partial charge in [0.1, 0.15) is 11.9 Å². The fourth-order valence-corrected chi connectivity index (χ4v) is 3.32. The van der Waals surface area contributed by atoms with E-state index >= 15 is 0 Å². The monoisotopic (exact) mass is 408 g/mol. The second kappa shape index (κ2) is 7.51. The second-order valence-electron chi connectivity index (χ2n) is 5.71. The molecule has 1 atom stereocenters. The molecule has 1 aliphatic heterocycles. The average molecular weight is 410 g/mol. The first kappa shape index (κ1) is 17.2. The fraction of sp³-hybridized carbons (Fsp3) is 0.294. The molecule has 1 unspecified atom stereocenters. The van der Waals surface area contributed by atoms with E-state index in [4.69, 9.17) is 17.3 Å². The lowest BCUT2D eigenvalue weighted by molar-refractivity contribution is -0.123. The van der Waals surface area contributed by atoms with Crippen LogP contribution in [-0.4, -0.2) is 42.0 Å². The van der Waals surface area contributed by atoms with Crippen LogP contribution in [0.2, 0.25) is 5.02 Å². The number of piperazine rings is 1. The summed E-state index contributed by atoms with van der Waals surface area (Å²) in [6, 6.07) is 10.8. The summed E-state index contributed by atoms with van der Waals surface area (Å²) in [4.78, 5) is 20.7. The lowest BCUT2D eigenvalue weighted by atomic mass is 10.0. The number of carbonyl (C=O) groups is 1. The van der Waals surface area contributed by atoms with E-state index in [0.717, 1.165) is 42.0 Å². The van der Waals surface area contributed by atoms with Gasteiger partial charge in [0.05, 0.1) is 0 Å². The summed E-state index contributed by atoms with van der Waals surface area (Å²) < 4.78 is 0.960. The van der Waals surface area contributed by atoms with Gasteiger partial charge in [-0.25, -0.2) is 4.98 Å². The van der Waals surface area contributed by atoms with Crippen molar-refractivity contribution in [2.45, 2.75) is 6.04 Å². The zero-order valence-electron chi connectivity index (χ0n) is 13.0. The highest BCUT2D eigenvalue weighted by Gasteiger charge is 2.29. The first-order chi connectivity index (χ1) is 11.5. The maximum absolute atomic E-state index is 12.0. The summed E-state index contributed by atoms with van der Waals surface area (Å²) in [5.74, 6) is 0.604. The molecule has 0 saturated carbocycles. The zero-order chi connectivity index (χ0) is 17.1. The molecule has 2 aromatic rings. The third-order valence-electron chi connectivity index (χ3n) is 4.17. The average Bonchev–Trinajstić information content (AvgIpc) is 2.58. The van der Waals surface area contributed by atoms with Crippen molar-refractivity contribution in [3.05, 3.63) is 57.7 Å². The Labute approximate surface area is 154 Å². The number of rotatable bonds is 4. The molecule has 1 aromatic carbocycles. The summed E-state index contributed by atoms with van der Waals surface area (Å²) in [5.41, 5.74) is 6.53. The Morgan fingerprint density at radius 3 is 2.33 bits per heavy atom. The SMILES string of the molecule is NC(=O)C(c1ccc(Cl)cc1)N1CCN(c2ccc(Br)cn2)CC1. The number of carbonyl (C=O) groups excluding carboxylic acids is 1. The lowest BCUT2D eigenvalue weighted by Crippen LogP contribution is -2.50. The van der Waals surface area contributed by atoms with Crippen molar-refractivity contribution in [1.82, 2.24) is 9.88 Å². The Morgan fingerprint density at radius 1 is 1.12 bits per heavy atom. The van der Waals surface area contributed by atoms with E-state index in [1.54, 1.807) is 18.3 Å². The van der Waals surface area contributed by atoms with E-state index in [2.05, 4.69) is 30.7 Å². The summed E-state index contributed by atoms with van der Waals surface area (Å²) >= 11 is 9.33. The molecule has 0 bridgehead atoms. The molecule has 7 heteroatoms. The second-order valence-corrected chi connectivity index (χ2v) is 7.07. The van der Waals surface area contributed by atoms with Crippen molar-refractivity contribution in [2.24, 2.45) is 5.73 Å². The van der Waals surface area contributed by atoms with Crippen LogP contribution in [0.15, 0.2) is 47.1 Å². The Kier molecular flexibility index (Phi) is 5.38. The Hall–Kier alpha value is -1.63. The highest BCUT2D eigenvalue weighted by atomic mass is 79.9. The van der Waals surface area contributed by atoms with Crippen molar-refractivity contribution in [1.29, 1.82) is 0 Å². The van der Waals surface area contributed by atoms with Gasteiger partial charge in [0, 0.05) is 41.9 Å². The van der Waals surface area contributed by atoms with Crippen LogP contribution >= 0.6 is 27.5 Å². The normalized spacial score (nSPS) is 16.8. The van der Waals surface area contributed by atoms with Gasteiger partial charge in [0.2, 0.25) is 5.91 Å². The molecule has 3 rings (SSSR count). The van der Waals surface area contributed by atoms with Gasteiger partial charge in [0.15, 0.2) is 0 Å². The third-order valence-corrected chi connectivity index (χ3v) is 4.89. The topological polar surface area (TPSA) is 62.5 Å². The molecule has 24 heavy (non-hydrogen) atoms. The van der Waals surface area contributed by atoms with E-state index in [-0.39, 0.29) is 5.91 Å². The minimum absolute atomic E-state index is 0.340. The van der Waals surface area contributed by atoms with Crippen molar-refractivity contribution in [3.8, 4) is 0 Å². The molecule has 1 aromatic heterocycles. The van der Waals surface area contributed by atoms with Crippen molar-refractivity contribution < 1.29 is 4.79 Å². The van der Waals surface area contributed by atoms with Gasteiger partial charge < -0.3 is 10.6 Å². The van der Waals surface area contributed by atoms with Crippen molar-refractivity contribution in [2.75, 3.05) is 31.1 Å². The quantitative estimate of drug-likeness (QED) is 0.843. The molecule has 0 radical (unpaired) electrons. The first-order valence-electron chi connectivity index (χ1n) is 7.70. The number of halogens is 2. The van der Waals surface area contributed by atoms with Crippen LogP contribution in [0.25, 0.3) is 0 Å². The molecule has 1 fully saturated rings. The molecule has 1 aliphatic rings. The smallest absolute Gasteiger partial charge is 0.239 e. The standard InChI is InChI=1S/C17H18BrClN4O/c18-13-3-6-15(21-11-13)22-7-9-23(10-8-22)16(17(20)24)12-1-4-14(19)5-2-12/h1-6,11,16H,7-10H2,(H2,20,24). The first-order valence-corrected chi connectivity index (χ1v) is 8.87. The van der Waals surface area contributed by atoms with Crippen molar-refractivity contribution in [3.63, 3.8) is 0 Å². The molecule has 126 valence electrons. The van der Waals surface area contributed by atoms with E-state index in [1.807, 2.05) is 24.3 Å². The number of anilines is 1. The van der Waals surface area contributed by atoms with Gasteiger partial charge in [-0.1, -0.05) is 23.7 Å². The number of nitrogens with zero attached hydrogens (tertiary/aromatic N) is 3. The van der Waals surface area contributed by atoms with E-state index in [9.17, 15) is 4.79 Å². The molecule has 5 nitrogen and oxygen atoms in total. The van der Waals surface area contributed by atoms with Crippen LogP contribution in [0.1, 0.15) is 11.6 Å². The van der Waals surface area contributed by atoms with Crippen LogP contribution in [-0.2, 0) is 4.79 Å². The van der Waals surface area contributed by atoms with Gasteiger partial charge >= 0.3 is 0 Å². The van der Waals surface area contributed by atoms with Crippen LogP contribution in [0.5, 0.6) is 0 Å². The highest BCUT2D eigenvalue weighted by molar-refractivity contribution is 9.10. The number of hydrogen-bond donors (Lipinski definition) is 1. The van der Waals surface area contributed by atoms with Crippen molar-refractivity contribution >= 4 is 39.3 Å². The number of hydrogen-bond acceptors (Lipinski definition) is 4. The molecule has 2 heterocycles. The summed E-state index contributed by atoms with van der Waals surface area (Å²) in [6.45, 7) is 3.08. The van der Waals surface area contributed by atoms with E-state index in [0.29, 0.717) is 5.02 Å². The molecule has 0 spiro atoms. The van der Waals surface area contributed by atoms with Crippen LogP contribution in [0.3, 0.4) is 0 Å². The maximum Gasteiger partial charge on any atom is 0.239 e. The maximum atomic E-state index is 12.0. The van der Waals surface area contributed by atoms with Gasteiger partial charge in [-0.15, -0.1) is 0 Å². The zero-order valence-corrected chi connectivity index (χ0v) is 15.4.